The summed E-state index contributed by atoms with van der Waals surface area (Å²) in [6, 6.07) is 7.98. The molecule has 1 unspecified atom stereocenters. The van der Waals surface area contributed by atoms with E-state index in [4.69, 9.17) is 4.74 Å². The Morgan fingerprint density at radius 1 is 1.22 bits per heavy atom. The normalized spacial score (nSPS) is 24.9. The van der Waals surface area contributed by atoms with Crippen LogP contribution in [0.2, 0.25) is 0 Å². The average molecular weight is 317 g/mol. The predicted octanol–water partition coefficient (Wildman–Crippen LogP) is 2.68. The van der Waals surface area contributed by atoms with Gasteiger partial charge in [0.25, 0.3) is 0 Å². The van der Waals surface area contributed by atoms with Crippen molar-refractivity contribution in [3.05, 3.63) is 35.4 Å². The molecule has 0 heterocycles. The number of rotatable bonds is 5. The molecule has 1 fully saturated rings. The van der Waals surface area contributed by atoms with Crippen molar-refractivity contribution in [1.29, 1.82) is 0 Å². The fourth-order valence-corrected chi connectivity index (χ4v) is 3.80. The highest BCUT2D eigenvalue weighted by atomic mass is 16.5. The lowest BCUT2D eigenvalue weighted by atomic mass is 9.79. The van der Waals surface area contributed by atoms with Crippen molar-refractivity contribution in [2.24, 2.45) is 0 Å². The molecular weight excluding hydrogens is 290 g/mol. The third kappa shape index (κ3) is 4.12. The zero-order chi connectivity index (χ0) is 16.1. The molecule has 1 amide bonds. The Labute approximate surface area is 138 Å². The number of aliphatic hydroxyl groups is 1. The molecule has 1 saturated carbocycles. The van der Waals surface area contributed by atoms with E-state index in [-0.39, 0.29) is 25.2 Å². The maximum Gasteiger partial charge on any atom is 0.246 e. The van der Waals surface area contributed by atoms with Gasteiger partial charge in [-0.2, -0.15) is 0 Å². The SMILES string of the molecule is O=C(COC1CCCCC1)NCC1(O)CCCc2ccccc21. The maximum atomic E-state index is 12.0. The second kappa shape index (κ2) is 7.45. The zero-order valence-corrected chi connectivity index (χ0v) is 13.7. The van der Waals surface area contributed by atoms with E-state index in [1.54, 1.807) is 0 Å². The summed E-state index contributed by atoms with van der Waals surface area (Å²) in [4.78, 5) is 12.0. The van der Waals surface area contributed by atoms with Crippen molar-refractivity contribution in [2.45, 2.75) is 63.1 Å². The Morgan fingerprint density at radius 2 is 2.00 bits per heavy atom. The highest BCUT2D eigenvalue weighted by Crippen LogP contribution is 2.34. The zero-order valence-electron chi connectivity index (χ0n) is 13.7. The molecule has 4 nitrogen and oxygen atoms in total. The van der Waals surface area contributed by atoms with E-state index in [1.165, 1.54) is 24.8 Å². The van der Waals surface area contributed by atoms with Gasteiger partial charge in [-0.05, 0) is 43.2 Å². The predicted molar refractivity (Wildman–Crippen MR) is 89.1 cm³/mol. The van der Waals surface area contributed by atoms with Gasteiger partial charge in [-0.15, -0.1) is 0 Å². The van der Waals surface area contributed by atoms with Crippen LogP contribution in [0.25, 0.3) is 0 Å². The first-order valence-corrected chi connectivity index (χ1v) is 8.86. The summed E-state index contributed by atoms with van der Waals surface area (Å²) in [5, 5.41) is 13.8. The third-order valence-corrected chi connectivity index (χ3v) is 5.14. The van der Waals surface area contributed by atoms with Crippen LogP contribution in [0, 0.1) is 0 Å². The molecule has 2 aliphatic rings. The van der Waals surface area contributed by atoms with Crippen LogP contribution in [0.4, 0.5) is 0 Å². The molecule has 4 heteroatoms. The van der Waals surface area contributed by atoms with Gasteiger partial charge in [0.15, 0.2) is 0 Å². The standard InChI is InChI=1S/C19H27NO3/c21-18(13-23-16-9-2-1-3-10-16)20-14-19(22)12-6-8-15-7-4-5-11-17(15)19/h4-5,7,11,16,22H,1-3,6,8-10,12-14H2,(H,20,21). The molecule has 0 spiro atoms. The summed E-state index contributed by atoms with van der Waals surface area (Å²) >= 11 is 0. The van der Waals surface area contributed by atoms with Gasteiger partial charge >= 0.3 is 0 Å². The topological polar surface area (TPSA) is 58.6 Å². The van der Waals surface area contributed by atoms with E-state index in [1.807, 2.05) is 18.2 Å². The monoisotopic (exact) mass is 317 g/mol. The molecule has 2 aliphatic carbocycles. The van der Waals surface area contributed by atoms with E-state index >= 15 is 0 Å². The summed E-state index contributed by atoms with van der Waals surface area (Å²) in [6.45, 7) is 0.360. The molecule has 0 radical (unpaired) electrons. The number of carbonyl (C=O) groups excluding carboxylic acids is 1. The van der Waals surface area contributed by atoms with Gasteiger partial charge in [0.2, 0.25) is 5.91 Å². The van der Waals surface area contributed by atoms with Gasteiger partial charge in [0.05, 0.1) is 12.6 Å². The molecule has 126 valence electrons. The lowest BCUT2D eigenvalue weighted by Crippen LogP contribution is -2.44. The van der Waals surface area contributed by atoms with Crippen molar-refractivity contribution in [3.63, 3.8) is 0 Å². The molecule has 0 saturated heterocycles. The number of hydrogen-bond donors (Lipinski definition) is 2. The van der Waals surface area contributed by atoms with Crippen molar-refractivity contribution in [3.8, 4) is 0 Å². The van der Waals surface area contributed by atoms with Crippen LogP contribution in [0.3, 0.4) is 0 Å². The summed E-state index contributed by atoms with van der Waals surface area (Å²) in [7, 11) is 0. The minimum absolute atomic E-state index is 0.0996. The largest absolute Gasteiger partial charge is 0.383 e. The van der Waals surface area contributed by atoms with Gasteiger partial charge in [0.1, 0.15) is 12.2 Å². The number of benzene rings is 1. The van der Waals surface area contributed by atoms with Crippen molar-refractivity contribution in [1.82, 2.24) is 5.32 Å². The smallest absolute Gasteiger partial charge is 0.246 e. The molecular formula is C19H27NO3. The van der Waals surface area contributed by atoms with Crippen LogP contribution in [0.1, 0.15) is 56.1 Å². The van der Waals surface area contributed by atoms with Gasteiger partial charge in [0, 0.05) is 0 Å². The Balaban J connectivity index is 1.50. The molecule has 0 bridgehead atoms. The lowest BCUT2D eigenvalue weighted by Gasteiger charge is -2.34. The Hall–Kier alpha value is -1.39. The molecule has 0 aromatic heterocycles. The van der Waals surface area contributed by atoms with Crippen molar-refractivity contribution >= 4 is 5.91 Å². The molecule has 2 N–H and O–H groups in total. The fraction of sp³-hybridized carbons (Fsp3) is 0.632. The first-order valence-electron chi connectivity index (χ1n) is 8.86. The van der Waals surface area contributed by atoms with Crippen LogP contribution in [-0.4, -0.2) is 30.3 Å². The summed E-state index contributed by atoms with van der Waals surface area (Å²) < 4.78 is 5.69. The second-order valence-corrected chi connectivity index (χ2v) is 6.89. The lowest BCUT2D eigenvalue weighted by molar-refractivity contribution is -0.129. The number of aryl methyl sites for hydroxylation is 1. The average Bonchev–Trinajstić information content (AvgIpc) is 2.60. The van der Waals surface area contributed by atoms with Crippen molar-refractivity contribution in [2.75, 3.05) is 13.2 Å². The molecule has 3 rings (SSSR count). The van der Waals surface area contributed by atoms with Gasteiger partial charge < -0.3 is 15.2 Å². The Morgan fingerprint density at radius 3 is 2.83 bits per heavy atom. The van der Waals surface area contributed by atoms with E-state index in [2.05, 4.69) is 11.4 Å². The number of hydrogen-bond acceptors (Lipinski definition) is 3. The number of amides is 1. The van der Waals surface area contributed by atoms with Crippen LogP contribution < -0.4 is 5.32 Å². The molecule has 1 aromatic carbocycles. The number of nitrogens with one attached hydrogen (secondary N) is 1. The minimum atomic E-state index is -0.949. The number of carbonyl (C=O) groups is 1. The Bertz CT molecular complexity index is 539. The first-order chi connectivity index (χ1) is 11.2. The molecule has 0 aliphatic heterocycles. The van der Waals surface area contributed by atoms with Gasteiger partial charge in [-0.1, -0.05) is 43.5 Å². The Kier molecular flexibility index (Phi) is 5.34. The maximum absolute atomic E-state index is 12.0. The highest BCUT2D eigenvalue weighted by Gasteiger charge is 2.34. The van der Waals surface area contributed by atoms with Gasteiger partial charge in [-0.3, -0.25) is 4.79 Å². The van der Waals surface area contributed by atoms with Gasteiger partial charge in [-0.25, -0.2) is 0 Å². The van der Waals surface area contributed by atoms with E-state index in [0.717, 1.165) is 31.2 Å². The van der Waals surface area contributed by atoms with E-state index in [0.29, 0.717) is 6.42 Å². The van der Waals surface area contributed by atoms with E-state index < -0.39 is 5.60 Å². The van der Waals surface area contributed by atoms with Crippen LogP contribution in [0.5, 0.6) is 0 Å². The highest BCUT2D eigenvalue weighted by molar-refractivity contribution is 5.77. The second-order valence-electron chi connectivity index (χ2n) is 6.89. The minimum Gasteiger partial charge on any atom is -0.383 e. The summed E-state index contributed by atoms with van der Waals surface area (Å²) in [5.74, 6) is -0.132. The summed E-state index contributed by atoms with van der Waals surface area (Å²) in [5.41, 5.74) is 1.20. The fourth-order valence-electron chi connectivity index (χ4n) is 3.80. The first kappa shape index (κ1) is 16.5. The molecule has 1 atom stereocenters. The molecule has 1 aromatic rings. The van der Waals surface area contributed by atoms with E-state index in [9.17, 15) is 9.90 Å². The number of fused-ring (bicyclic) bond motifs is 1. The summed E-state index contributed by atoms with van der Waals surface area (Å²) in [6.07, 6.45) is 8.65. The molecule has 23 heavy (non-hydrogen) atoms. The van der Waals surface area contributed by atoms with Crippen LogP contribution in [0.15, 0.2) is 24.3 Å². The van der Waals surface area contributed by atoms with Crippen LogP contribution >= 0.6 is 0 Å². The quantitative estimate of drug-likeness (QED) is 0.878. The van der Waals surface area contributed by atoms with Crippen LogP contribution in [-0.2, 0) is 21.6 Å². The van der Waals surface area contributed by atoms with Crippen molar-refractivity contribution < 1.29 is 14.6 Å². The number of ether oxygens (including phenoxy) is 1. The third-order valence-electron chi connectivity index (χ3n) is 5.14.